The molecule has 3 aromatic rings. The van der Waals surface area contributed by atoms with Crippen LogP contribution in [0.15, 0.2) is 35.1 Å². The van der Waals surface area contributed by atoms with Gasteiger partial charge in [-0.3, -0.25) is 9.36 Å². The Balaban J connectivity index is 1.73. The molecule has 0 saturated heterocycles. The van der Waals surface area contributed by atoms with Crippen LogP contribution in [0.2, 0.25) is 0 Å². The maximum atomic E-state index is 13.1. The SMILES string of the molecule is Cc1nc2nc(N[C@@H]3CCCC[C@H]3O)n(C)c(=O)c2n1Cc1ccccc1. The molecule has 1 saturated carbocycles. The number of hydrogen-bond donors (Lipinski definition) is 2. The van der Waals surface area contributed by atoms with Gasteiger partial charge in [-0.25, -0.2) is 4.98 Å². The minimum absolute atomic E-state index is 0.0817. The van der Waals surface area contributed by atoms with E-state index in [-0.39, 0.29) is 11.6 Å². The second-order valence-electron chi connectivity index (χ2n) is 7.31. The van der Waals surface area contributed by atoms with Crippen LogP contribution in [0.4, 0.5) is 5.95 Å². The maximum absolute atomic E-state index is 13.1. The van der Waals surface area contributed by atoms with Crippen molar-refractivity contribution in [3.63, 3.8) is 0 Å². The van der Waals surface area contributed by atoms with Crippen LogP contribution < -0.4 is 10.9 Å². The summed E-state index contributed by atoms with van der Waals surface area (Å²) in [4.78, 5) is 22.2. The Morgan fingerprint density at radius 1 is 1.19 bits per heavy atom. The summed E-state index contributed by atoms with van der Waals surface area (Å²) in [6.07, 6.45) is 3.34. The Morgan fingerprint density at radius 3 is 2.67 bits per heavy atom. The van der Waals surface area contributed by atoms with E-state index in [1.54, 1.807) is 7.05 Å². The first-order valence-electron chi connectivity index (χ1n) is 9.47. The first kappa shape index (κ1) is 17.7. The highest BCUT2D eigenvalue weighted by Gasteiger charge is 2.25. The van der Waals surface area contributed by atoms with Gasteiger partial charge in [-0.1, -0.05) is 43.2 Å². The predicted molar refractivity (Wildman–Crippen MR) is 105 cm³/mol. The van der Waals surface area contributed by atoms with E-state index in [1.165, 1.54) is 4.57 Å². The van der Waals surface area contributed by atoms with Crippen LogP contribution in [0.5, 0.6) is 0 Å². The predicted octanol–water partition coefficient (Wildman–Crippen LogP) is 2.20. The van der Waals surface area contributed by atoms with Gasteiger partial charge in [0.1, 0.15) is 5.82 Å². The summed E-state index contributed by atoms with van der Waals surface area (Å²) in [6, 6.07) is 9.92. The van der Waals surface area contributed by atoms with Gasteiger partial charge >= 0.3 is 0 Å². The zero-order chi connectivity index (χ0) is 19.0. The van der Waals surface area contributed by atoms with Crippen LogP contribution in [0.25, 0.3) is 11.2 Å². The lowest BCUT2D eigenvalue weighted by molar-refractivity contribution is 0.116. The Hall–Kier alpha value is -2.67. The molecule has 142 valence electrons. The van der Waals surface area contributed by atoms with Gasteiger partial charge in [-0.05, 0) is 25.3 Å². The normalized spacial score (nSPS) is 20.1. The smallest absolute Gasteiger partial charge is 0.280 e. The summed E-state index contributed by atoms with van der Waals surface area (Å²) in [5, 5.41) is 13.5. The quantitative estimate of drug-likeness (QED) is 0.738. The molecule has 0 aliphatic heterocycles. The zero-order valence-electron chi connectivity index (χ0n) is 15.7. The molecule has 0 spiro atoms. The van der Waals surface area contributed by atoms with Crippen molar-refractivity contribution in [1.29, 1.82) is 0 Å². The Labute approximate surface area is 157 Å². The summed E-state index contributed by atoms with van der Waals surface area (Å²) in [5.74, 6) is 1.22. The van der Waals surface area contributed by atoms with Crippen molar-refractivity contribution < 1.29 is 5.11 Å². The average Bonchev–Trinajstić information content (AvgIpc) is 2.97. The van der Waals surface area contributed by atoms with Crippen LogP contribution in [-0.4, -0.2) is 36.4 Å². The van der Waals surface area contributed by atoms with Crippen molar-refractivity contribution in [3.8, 4) is 0 Å². The molecule has 1 aliphatic carbocycles. The molecule has 0 bridgehead atoms. The number of fused-ring (bicyclic) bond motifs is 1. The van der Waals surface area contributed by atoms with Gasteiger partial charge in [0, 0.05) is 13.6 Å². The molecular weight excluding hydrogens is 342 g/mol. The van der Waals surface area contributed by atoms with Crippen molar-refractivity contribution in [3.05, 3.63) is 52.1 Å². The third kappa shape index (κ3) is 3.35. The topological polar surface area (TPSA) is 85.0 Å². The van der Waals surface area contributed by atoms with E-state index in [2.05, 4.69) is 15.3 Å². The lowest BCUT2D eigenvalue weighted by Gasteiger charge is -2.29. The highest BCUT2D eigenvalue weighted by molar-refractivity contribution is 5.72. The van der Waals surface area contributed by atoms with E-state index >= 15 is 0 Å². The number of imidazole rings is 1. The number of nitrogens with zero attached hydrogens (tertiary/aromatic N) is 4. The third-order valence-electron chi connectivity index (χ3n) is 5.40. The van der Waals surface area contributed by atoms with Crippen LogP contribution >= 0.6 is 0 Å². The standard InChI is InChI=1S/C20H25N5O2/c1-13-21-18-17(25(13)12-14-8-4-3-5-9-14)19(27)24(2)20(23-18)22-15-10-6-7-11-16(15)26/h3-5,8-9,15-16,26H,6-7,10-12H2,1-2H3,(H,22,23)/t15-,16-/m1/s1. The summed E-state index contributed by atoms with van der Waals surface area (Å²) in [5.41, 5.74) is 1.92. The van der Waals surface area contributed by atoms with Crippen molar-refractivity contribution in [1.82, 2.24) is 19.1 Å². The van der Waals surface area contributed by atoms with E-state index in [1.807, 2.05) is 41.8 Å². The molecule has 1 aromatic carbocycles. The fourth-order valence-corrected chi connectivity index (χ4v) is 3.80. The molecule has 27 heavy (non-hydrogen) atoms. The molecule has 1 aliphatic rings. The minimum atomic E-state index is -0.413. The largest absolute Gasteiger partial charge is 0.391 e. The van der Waals surface area contributed by atoms with Crippen molar-refractivity contribution >= 4 is 17.1 Å². The Kier molecular flexibility index (Phi) is 4.70. The van der Waals surface area contributed by atoms with E-state index in [4.69, 9.17) is 0 Å². The number of aliphatic hydroxyl groups is 1. The van der Waals surface area contributed by atoms with Gasteiger partial charge in [0.05, 0.1) is 12.1 Å². The van der Waals surface area contributed by atoms with Crippen molar-refractivity contribution in [2.24, 2.45) is 7.05 Å². The Morgan fingerprint density at radius 2 is 1.93 bits per heavy atom. The summed E-state index contributed by atoms with van der Waals surface area (Å²) < 4.78 is 3.44. The lowest BCUT2D eigenvalue weighted by Crippen LogP contribution is -2.38. The van der Waals surface area contributed by atoms with Crippen LogP contribution in [0.1, 0.15) is 37.1 Å². The van der Waals surface area contributed by atoms with Crippen LogP contribution in [-0.2, 0) is 13.6 Å². The van der Waals surface area contributed by atoms with E-state index in [9.17, 15) is 9.90 Å². The molecule has 0 unspecified atom stereocenters. The number of benzene rings is 1. The number of nitrogens with one attached hydrogen (secondary N) is 1. The number of aryl methyl sites for hydroxylation is 1. The molecule has 7 nitrogen and oxygen atoms in total. The number of aromatic nitrogens is 4. The van der Waals surface area contributed by atoms with Crippen molar-refractivity contribution in [2.45, 2.75) is 51.3 Å². The first-order valence-corrected chi connectivity index (χ1v) is 9.47. The van der Waals surface area contributed by atoms with E-state index in [0.717, 1.165) is 37.1 Å². The molecule has 4 rings (SSSR count). The molecule has 0 radical (unpaired) electrons. The fourth-order valence-electron chi connectivity index (χ4n) is 3.80. The van der Waals surface area contributed by atoms with Crippen LogP contribution in [0.3, 0.4) is 0 Å². The first-order chi connectivity index (χ1) is 13.0. The fraction of sp³-hybridized carbons (Fsp3) is 0.450. The number of aliphatic hydroxyl groups excluding tert-OH is 1. The van der Waals surface area contributed by atoms with Crippen molar-refractivity contribution in [2.75, 3.05) is 5.32 Å². The third-order valence-corrected chi connectivity index (χ3v) is 5.40. The number of rotatable bonds is 4. The van der Waals surface area contributed by atoms with Gasteiger partial charge in [0.15, 0.2) is 11.2 Å². The molecular formula is C20H25N5O2. The average molecular weight is 367 g/mol. The Bertz CT molecular complexity index is 1010. The second kappa shape index (κ2) is 7.15. The summed E-state index contributed by atoms with van der Waals surface area (Å²) in [6.45, 7) is 2.47. The summed E-state index contributed by atoms with van der Waals surface area (Å²) in [7, 11) is 1.71. The lowest BCUT2D eigenvalue weighted by atomic mass is 9.93. The number of anilines is 1. The minimum Gasteiger partial charge on any atom is -0.391 e. The molecule has 1 fully saturated rings. The molecule has 2 heterocycles. The molecule has 0 amide bonds. The van der Waals surface area contributed by atoms with Crippen LogP contribution in [0, 0.1) is 6.92 Å². The van der Waals surface area contributed by atoms with Gasteiger partial charge in [-0.2, -0.15) is 4.98 Å². The highest BCUT2D eigenvalue weighted by Crippen LogP contribution is 2.22. The second-order valence-corrected chi connectivity index (χ2v) is 7.31. The van der Waals surface area contributed by atoms with Gasteiger partial charge in [0.25, 0.3) is 5.56 Å². The van der Waals surface area contributed by atoms with Gasteiger partial charge in [-0.15, -0.1) is 0 Å². The number of hydrogen-bond acceptors (Lipinski definition) is 5. The summed E-state index contributed by atoms with van der Waals surface area (Å²) >= 11 is 0. The molecule has 2 N–H and O–H groups in total. The maximum Gasteiger partial charge on any atom is 0.280 e. The van der Waals surface area contributed by atoms with Gasteiger partial charge in [0.2, 0.25) is 5.95 Å². The molecule has 7 heteroatoms. The zero-order valence-corrected chi connectivity index (χ0v) is 15.7. The monoisotopic (exact) mass is 367 g/mol. The molecule has 2 atom stereocenters. The van der Waals surface area contributed by atoms with E-state index in [0.29, 0.717) is 23.7 Å². The molecule has 2 aromatic heterocycles. The highest BCUT2D eigenvalue weighted by atomic mass is 16.3. The van der Waals surface area contributed by atoms with Gasteiger partial charge < -0.3 is 15.0 Å². The van der Waals surface area contributed by atoms with E-state index < -0.39 is 6.10 Å².